The molecule has 0 N–H and O–H groups in total. The molecule has 156 valence electrons. The molecular weight excluding hydrogens is 428 g/mol. The normalized spacial score (nSPS) is 12.4. The third-order valence-corrected chi connectivity index (χ3v) is 5.59. The molecule has 2 heterocycles. The summed E-state index contributed by atoms with van der Waals surface area (Å²) >= 11 is 3.37. The second-order valence-electron chi connectivity index (χ2n) is 7.12. The highest BCUT2D eigenvalue weighted by Gasteiger charge is 2.14. The number of hydrogen-bond acceptors (Lipinski definition) is 5. The van der Waals surface area contributed by atoms with Crippen molar-refractivity contribution >= 4 is 33.1 Å². The number of alkyl halides is 1. The van der Waals surface area contributed by atoms with Crippen LogP contribution < -0.4 is 11.2 Å². The Labute approximate surface area is 172 Å². The van der Waals surface area contributed by atoms with E-state index in [2.05, 4.69) is 20.9 Å². The topological polar surface area (TPSA) is 88.1 Å². The third-order valence-electron chi connectivity index (χ3n) is 4.86. The number of ether oxygens (including phenoxy) is 1. The standard InChI is InChI=1S/C19H29BrN4O4/c1-14(25)28-15(12-20)10-8-6-4-5-7-9-11-24-18(26)16-17(21-13-22(16)2)23(3)19(24)27/h13,15H,4-12H2,1-3H3. The predicted molar refractivity (Wildman–Crippen MR) is 112 cm³/mol. The molecule has 1 atom stereocenters. The first-order valence-electron chi connectivity index (χ1n) is 9.70. The number of aromatic nitrogens is 4. The largest absolute Gasteiger partial charge is 0.462 e. The molecule has 0 aliphatic rings. The van der Waals surface area contributed by atoms with Gasteiger partial charge in [-0.1, -0.05) is 41.6 Å². The molecule has 0 radical (unpaired) electrons. The summed E-state index contributed by atoms with van der Waals surface area (Å²) in [4.78, 5) is 40.2. The molecule has 2 aromatic heterocycles. The van der Waals surface area contributed by atoms with Crippen molar-refractivity contribution in [3.05, 3.63) is 27.2 Å². The Morgan fingerprint density at radius 3 is 2.43 bits per heavy atom. The van der Waals surface area contributed by atoms with Crippen molar-refractivity contribution < 1.29 is 9.53 Å². The first-order valence-corrected chi connectivity index (χ1v) is 10.8. The maximum absolute atomic E-state index is 12.6. The van der Waals surface area contributed by atoms with E-state index >= 15 is 0 Å². The quantitative estimate of drug-likeness (QED) is 0.294. The Bertz CT molecular complexity index is 915. The lowest BCUT2D eigenvalue weighted by Crippen LogP contribution is -2.39. The van der Waals surface area contributed by atoms with E-state index in [0.717, 1.165) is 44.9 Å². The van der Waals surface area contributed by atoms with Crippen LogP contribution in [-0.2, 0) is 30.2 Å². The number of carbonyl (C=O) groups excluding carboxylic acids is 1. The number of aryl methyl sites for hydroxylation is 2. The van der Waals surface area contributed by atoms with Crippen molar-refractivity contribution in [2.75, 3.05) is 5.33 Å². The van der Waals surface area contributed by atoms with E-state index in [-0.39, 0.29) is 23.3 Å². The fourth-order valence-electron chi connectivity index (χ4n) is 3.34. The number of rotatable bonds is 11. The summed E-state index contributed by atoms with van der Waals surface area (Å²) in [5, 5.41) is 0.664. The number of imidazole rings is 1. The van der Waals surface area contributed by atoms with E-state index < -0.39 is 0 Å². The number of carbonyl (C=O) groups is 1. The SMILES string of the molecule is CC(=O)OC(CBr)CCCCCCCCn1c(=O)c2c(ncn2C)n(C)c1=O. The number of unbranched alkanes of at least 4 members (excludes halogenated alkanes) is 5. The summed E-state index contributed by atoms with van der Waals surface area (Å²) in [5.74, 6) is -0.241. The Hall–Kier alpha value is -1.90. The Morgan fingerprint density at radius 2 is 1.79 bits per heavy atom. The van der Waals surface area contributed by atoms with E-state index in [1.54, 1.807) is 25.0 Å². The lowest BCUT2D eigenvalue weighted by Gasteiger charge is -2.13. The number of hydrogen-bond donors (Lipinski definition) is 0. The van der Waals surface area contributed by atoms with Crippen LogP contribution >= 0.6 is 15.9 Å². The van der Waals surface area contributed by atoms with Crippen LogP contribution in [0, 0.1) is 0 Å². The maximum Gasteiger partial charge on any atom is 0.332 e. The molecule has 2 rings (SSSR count). The zero-order valence-corrected chi connectivity index (χ0v) is 18.4. The van der Waals surface area contributed by atoms with Gasteiger partial charge in [0.05, 0.1) is 6.33 Å². The highest BCUT2D eigenvalue weighted by molar-refractivity contribution is 9.09. The summed E-state index contributed by atoms with van der Waals surface area (Å²) in [6.45, 7) is 1.85. The number of esters is 1. The van der Waals surface area contributed by atoms with Crippen LogP contribution in [0.25, 0.3) is 11.2 Å². The molecule has 0 aliphatic carbocycles. The van der Waals surface area contributed by atoms with Gasteiger partial charge in [-0.2, -0.15) is 0 Å². The van der Waals surface area contributed by atoms with Gasteiger partial charge in [0.15, 0.2) is 11.2 Å². The summed E-state index contributed by atoms with van der Waals surface area (Å²) < 4.78 is 9.60. The van der Waals surface area contributed by atoms with Crippen molar-refractivity contribution in [3.63, 3.8) is 0 Å². The molecule has 2 aromatic rings. The lowest BCUT2D eigenvalue weighted by atomic mass is 10.1. The highest BCUT2D eigenvalue weighted by Crippen LogP contribution is 2.12. The second-order valence-corrected chi connectivity index (χ2v) is 7.77. The summed E-state index contributed by atoms with van der Waals surface area (Å²) in [6.07, 6.45) is 8.34. The van der Waals surface area contributed by atoms with Gasteiger partial charge in [0, 0.05) is 32.9 Å². The lowest BCUT2D eigenvalue weighted by molar-refractivity contribution is -0.145. The molecule has 0 aliphatic heterocycles. The molecular formula is C19H29BrN4O4. The molecule has 0 spiro atoms. The van der Waals surface area contributed by atoms with Crippen LogP contribution in [0.4, 0.5) is 0 Å². The minimum atomic E-state index is -0.317. The first-order chi connectivity index (χ1) is 13.4. The molecule has 0 saturated carbocycles. The van der Waals surface area contributed by atoms with Crippen molar-refractivity contribution in [2.24, 2.45) is 14.1 Å². The third kappa shape index (κ3) is 5.56. The van der Waals surface area contributed by atoms with Gasteiger partial charge in [-0.05, 0) is 19.3 Å². The number of nitrogens with zero attached hydrogens (tertiary/aromatic N) is 4. The molecule has 0 amide bonds. The van der Waals surface area contributed by atoms with E-state index in [9.17, 15) is 14.4 Å². The van der Waals surface area contributed by atoms with Gasteiger partial charge in [-0.25, -0.2) is 9.78 Å². The predicted octanol–water partition coefficient (Wildman–Crippen LogP) is 2.49. The Balaban J connectivity index is 1.76. The smallest absolute Gasteiger partial charge is 0.332 e. The fourth-order valence-corrected chi connectivity index (χ4v) is 3.80. The van der Waals surface area contributed by atoms with Crippen molar-refractivity contribution in [1.82, 2.24) is 18.7 Å². The maximum atomic E-state index is 12.6. The van der Waals surface area contributed by atoms with Gasteiger partial charge in [0.25, 0.3) is 5.56 Å². The van der Waals surface area contributed by atoms with Crippen LogP contribution in [-0.4, -0.2) is 36.1 Å². The van der Waals surface area contributed by atoms with E-state index in [1.807, 2.05) is 0 Å². The molecule has 28 heavy (non-hydrogen) atoms. The summed E-state index contributed by atoms with van der Waals surface area (Å²) in [7, 11) is 3.40. The molecule has 0 aromatic carbocycles. The van der Waals surface area contributed by atoms with Crippen LogP contribution in [0.15, 0.2) is 15.9 Å². The summed E-state index contributed by atoms with van der Waals surface area (Å²) in [5.41, 5.74) is 0.285. The van der Waals surface area contributed by atoms with Crippen LogP contribution in [0.5, 0.6) is 0 Å². The Kier molecular flexibility index (Phi) is 8.47. The fraction of sp³-hybridized carbons (Fsp3) is 0.684. The number of fused-ring (bicyclic) bond motifs is 1. The monoisotopic (exact) mass is 456 g/mol. The highest BCUT2D eigenvalue weighted by atomic mass is 79.9. The minimum absolute atomic E-state index is 0.0532. The van der Waals surface area contributed by atoms with E-state index in [1.165, 1.54) is 16.1 Å². The van der Waals surface area contributed by atoms with Gasteiger partial charge in [-0.3, -0.25) is 18.7 Å². The van der Waals surface area contributed by atoms with Gasteiger partial charge < -0.3 is 9.30 Å². The zero-order valence-electron chi connectivity index (χ0n) is 16.8. The van der Waals surface area contributed by atoms with Crippen molar-refractivity contribution in [2.45, 2.75) is 64.5 Å². The molecule has 1 unspecified atom stereocenters. The van der Waals surface area contributed by atoms with E-state index in [0.29, 0.717) is 23.0 Å². The van der Waals surface area contributed by atoms with Crippen LogP contribution in [0.2, 0.25) is 0 Å². The van der Waals surface area contributed by atoms with Gasteiger partial charge >= 0.3 is 11.7 Å². The molecule has 0 saturated heterocycles. The number of halogens is 1. The Morgan fingerprint density at radius 1 is 1.14 bits per heavy atom. The van der Waals surface area contributed by atoms with Crippen LogP contribution in [0.3, 0.4) is 0 Å². The summed E-state index contributed by atoms with van der Waals surface area (Å²) in [6, 6.07) is 0. The van der Waals surface area contributed by atoms with Crippen molar-refractivity contribution in [1.29, 1.82) is 0 Å². The molecule has 9 heteroatoms. The molecule has 8 nitrogen and oxygen atoms in total. The second kappa shape index (κ2) is 10.6. The van der Waals surface area contributed by atoms with Gasteiger partial charge in [-0.15, -0.1) is 0 Å². The molecule has 0 bridgehead atoms. The van der Waals surface area contributed by atoms with E-state index in [4.69, 9.17) is 4.74 Å². The van der Waals surface area contributed by atoms with Gasteiger partial charge in [0.1, 0.15) is 6.10 Å². The average molecular weight is 457 g/mol. The van der Waals surface area contributed by atoms with Crippen molar-refractivity contribution in [3.8, 4) is 0 Å². The van der Waals surface area contributed by atoms with Gasteiger partial charge in [0.2, 0.25) is 0 Å². The molecule has 0 fully saturated rings. The minimum Gasteiger partial charge on any atom is -0.462 e. The van der Waals surface area contributed by atoms with Crippen LogP contribution in [0.1, 0.15) is 51.9 Å². The zero-order chi connectivity index (χ0) is 20.7. The first kappa shape index (κ1) is 22.4. The average Bonchev–Trinajstić information content (AvgIpc) is 3.04.